The average Bonchev–Trinajstić information content (AvgIpc) is 2.81. The van der Waals surface area contributed by atoms with Gasteiger partial charge in [-0.1, -0.05) is 77.0 Å². The maximum atomic E-state index is 1.64. The summed E-state index contributed by atoms with van der Waals surface area (Å²) in [5, 5.41) is 0. The van der Waals surface area contributed by atoms with Gasteiger partial charge >= 0.3 is 0 Å². The Bertz CT molecular complexity index is 720. The van der Waals surface area contributed by atoms with Gasteiger partial charge in [0, 0.05) is 0 Å². The van der Waals surface area contributed by atoms with Gasteiger partial charge in [0.25, 0.3) is 0 Å². The molecular formula is C34H50. The summed E-state index contributed by atoms with van der Waals surface area (Å²) in [4.78, 5) is 0. The van der Waals surface area contributed by atoms with Crippen molar-refractivity contribution in [1.29, 1.82) is 0 Å². The Balaban J connectivity index is 0.858. The van der Waals surface area contributed by atoms with Gasteiger partial charge in [-0.2, -0.15) is 0 Å². The zero-order chi connectivity index (χ0) is 21.7. The van der Waals surface area contributed by atoms with Crippen LogP contribution in [0.3, 0.4) is 0 Å². The number of fused-ring (bicyclic) bond motifs is 25. The Hall–Kier alpha value is 0. The molecule has 10 rings (SSSR count). The first-order valence-corrected chi connectivity index (χ1v) is 17.0. The van der Waals surface area contributed by atoms with Crippen LogP contribution in [0.1, 0.15) is 103 Å². The predicted octanol–water partition coefficient (Wildman–Crippen LogP) is 8.46. The van der Waals surface area contributed by atoms with E-state index in [2.05, 4.69) is 0 Å². The molecule has 0 aliphatic heterocycles. The summed E-state index contributed by atoms with van der Waals surface area (Å²) < 4.78 is 0. The first kappa shape index (κ1) is 20.0. The first-order valence-electron chi connectivity index (χ1n) is 17.0. The number of hydrogen-bond donors (Lipinski definition) is 0. The van der Waals surface area contributed by atoms with Crippen LogP contribution in [0.4, 0.5) is 0 Å². The van der Waals surface area contributed by atoms with E-state index in [4.69, 9.17) is 0 Å². The quantitative estimate of drug-likeness (QED) is 0.319. The van der Waals surface area contributed by atoms with Crippen molar-refractivity contribution in [2.24, 2.45) is 107 Å². The van der Waals surface area contributed by atoms with Gasteiger partial charge in [0.2, 0.25) is 0 Å². The second-order valence-corrected chi connectivity index (χ2v) is 16.1. The van der Waals surface area contributed by atoms with E-state index in [1.807, 2.05) is 0 Å². The van der Waals surface area contributed by atoms with Crippen LogP contribution in [0.5, 0.6) is 0 Å². The van der Waals surface area contributed by atoms with Crippen LogP contribution < -0.4 is 0 Å². The molecule has 34 heavy (non-hydrogen) atoms. The van der Waals surface area contributed by atoms with Crippen LogP contribution in [-0.4, -0.2) is 0 Å². The molecular weight excluding hydrogens is 408 g/mol. The van der Waals surface area contributed by atoms with Gasteiger partial charge in [-0.3, -0.25) is 0 Å². The molecule has 0 spiro atoms. The molecule has 10 saturated carbocycles. The fraction of sp³-hybridized carbons (Fsp3) is 1.00. The predicted molar refractivity (Wildman–Crippen MR) is 137 cm³/mol. The molecule has 186 valence electrons. The van der Waals surface area contributed by atoms with Gasteiger partial charge in [-0.25, -0.2) is 0 Å². The lowest BCUT2D eigenvalue weighted by molar-refractivity contribution is -0.487. The molecule has 0 amide bonds. The second kappa shape index (κ2) is 6.90. The summed E-state index contributed by atoms with van der Waals surface area (Å²) in [5.41, 5.74) is 0. The van der Waals surface area contributed by atoms with Crippen molar-refractivity contribution in [3.63, 3.8) is 0 Å². The van der Waals surface area contributed by atoms with Crippen molar-refractivity contribution >= 4 is 0 Å². The molecule has 0 N–H and O–H groups in total. The van der Waals surface area contributed by atoms with E-state index >= 15 is 0 Å². The Morgan fingerprint density at radius 1 is 0.176 bits per heavy atom. The first-order chi connectivity index (χ1) is 17.0. The van der Waals surface area contributed by atoms with E-state index in [1.54, 1.807) is 103 Å². The van der Waals surface area contributed by atoms with Crippen molar-refractivity contribution in [2.75, 3.05) is 0 Å². The number of hydrogen-bond acceptors (Lipinski definition) is 0. The van der Waals surface area contributed by atoms with Gasteiger partial charge in [0.15, 0.2) is 0 Å². The molecule has 16 unspecified atom stereocenters. The average molecular weight is 459 g/mol. The molecule has 0 aromatic carbocycles. The molecule has 0 bridgehead atoms. The van der Waals surface area contributed by atoms with Crippen molar-refractivity contribution in [3.05, 3.63) is 0 Å². The van der Waals surface area contributed by atoms with E-state index < -0.39 is 0 Å². The summed E-state index contributed by atoms with van der Waals surface area (Å²) in [7, 11) is 0. The highest BCUT2D eigenvalue weighted by molar-refractivity contribution is 5.37. The van der Waals surface area contributed by atoms with Crippen LogP contribution >= 0.6 is 0 Å². The highest BCUT2D eigenvalue weighted by Crippen LogP contribution is 2.94. The molecule has 0 nitrogen and oxygen atoms in total. The van der Waals surface area contributed by atoms with E-state index in [0.717, 1.165) is 0 Å². The van der Waals surface area contributed by atoms with Gasteiger partial charge in [0.1, 0.15) is 0 Å². The van der Waals surface area contributed by atoms with E-state index in [0.29, 0.717) is 0 Å². The summed E-state index contributed by atoms with van der Waals surface area (Å²) >= 11 is 0. The fourth-order valence-corrected chi connectivity index (χ4v) is 15.5. The smallest absolute Gasteiger partial charge is 0.0312 e. The molecule has 10 aliphatic rings. The normalized spacial score (nSPS) is 68.5. The molecule has 0 saturated heterocycles. The minimum Gasteiger partial charge on any atom is -0.0533 e. The zero-order valence-corrected chi connectivity index (χ0v) is 21.7. The standard InChI is InChI=1S/C34H50/c1-2-6-10-14-18-17(13-9-5-1)21-22(18)26-25(21)29-30(26)34-32-28-24-20-16-12-8-4-3-7-11-15-19(20)23(24)27(28)31(32)33(29)34/h17-34H,1-16H2. The van der Waals surface area contributed by atoms with Gasteiger partial charge < -0.3 is 0 Å². The van der Waals surface area contributed by atoms with E-state index in [1.165, 1.54) is 107 Å². The minimum absolute atomic E-state index is 1.21. The summed E-state index contributed by atoms with van der Waals surface area (Å²) in [5.74, 6) is 22.7. The van der Waals surface area contributed by atoms with Crippen LogP contribution in [0, 0.1) is 107 Å². The third-order valence-corrected chi connectivity index (χ3v) is 16.2. The summed E-state index contributed by atoms with van der Waals surface area (Å²) in [6, 6.07) is 0. The topological polar surface area (TPSA) is 0 Å². The molecule has 0 heterocycles. The molecule has 16 atom stereocenters. The monoisotopic (exact) mass is 458 g/mol. The van der Waals surface area contributed by atoms with Gasteiger partial charge in [0.05, 0.1) is 0 Å². The van der Waals surface area contributed by atoms with Crippen molar-refractivity contribution in [3.8, 4) is 0 Å². The van der Waals surface area contributed by atoms with Crippen molar-refractivity contribution < 1.29 is 0 Å². The zero-order valence-electron chi connectivity index (χ0n) is 21.7. The summed E-state index contributed by atoms with van der Waals surface area (Å²) in [6.07, 6.45) is 25.3. The lowest BCUT2D eigenvalue weighted by Crippen LogP contribution is -2.92. The molecule has 10 aliphatic carbocycles. The van der Waals surface area contributed by atoms with Gasteiger partial charge in [-0.15, -0.1) is 0 Å². The van der Waals surface area contributed by atoms with Crippen molar-refractivity contribution in [2.45, 2.75) is 103 Å². The molecule has 10 fully saturated rings. The van der Waals surface area contributed by atoms with E-state index in [-0.39, 0.29) is 0 Å². The maximum Gasteiger partial charge on any atom is -0.0312 e. The third kappa shape index (κ3) is 2.07. The minimum atomic E-state index is 1.21. The maximum absolute atomic E-state index is 1.64. The molecule has 0 aromatic heterocycles. The third-order valence-electron chi connectivity index (χ3n) is 16.2. The highest BCUT2D eigenvalue weighted by Gasteiger charge is 2.91. The van der Waals surface area contributed by atoms with Crippen molar-refractivity contribution in [1.82, 2.24) is 0 Å². The van der Waals surface area contributed by atoms with Crippen LogP contribution in [0.15, 0.2) is 0 Å². The molecule has 0 heteroatoms. The van der Waals surface area contributed by atoms with E-state index in [9.17, 15) is 0 Å². The lowest BCUT2D eigenvalue weighted by atomic mass is 9.09. The Morgan fingerprint density at radius 2 is 0.353 bits per heavy atom. The van der Waals surface area contributed by atoms with Crippen LogP contribution in [0.2, 0.25) is 0 Å². The Kier molecular flexibility index (Phi) is 4.06. The highest BCUT2D eigenvalue weighted by atomic mass is 14.9. The van der Waals surface area contributed by atoms with Crippen LogP contribution in [-0.2, 0) is 0 Å². The number of rotatable bonds is 0. The largest absolute Gasteiger partial charge is 0.0533 e. The SMILES string of the molecule is C1CCCCC2C(CCC1)C1C2C2C1C1C2C2C3C4C5C6CCCCCCCCC6C5C4C3C12. The lowest BCUT2D eigenvalue weighted by Gasteiger charge is -2.95. The second-order valence-electron chi connectivity index (χ2n) is 16.1. The molecule has 0 aromatic rings. The fourth-order valence-electron chi connectivity index (χ4n) is 15.5. The van der Waals surface area contributed by atoms with Gasteiger partial charge in [-0.05, 0) is 132 Å². The Labute approximate surface area is 209 Å². The summed E-state index contributed by atoms with van der Waals surface area (Å²) in [6.45, 7) is 0. The Morgan fingerprint density at radius 3 is 0.588 bits per heavy atom. The molecule has 0 radical (unpaired) electrons. The van der Waals surface area contributed by atoms with Crippen LogP contribution in [0.25, 0.3) is 0 Å².